The third-order valence-electron chi connectivity index (χ3n) is 2.68. The highest BCUT2D eigenvalue weighted by atomic mass is 19.4. The summed E-state index contributed by atoms with van der Waals surface area (Å²) >= 11 is 0. The highest BCUT2D eigenvalue weighted by Gasteiger charge is 2.44. The zero-order chi connectivity index (χ0) is 19.6. The largest absolute Gasteiger partial charge is 0.418 e. The highest BCUT2D eigenvalue weighted by Crippen LogP contribution is 2.46. The minimum Gasteiger partial charge on any atom is -0.359 e. The van der Waals surface area contributed by atoms with Gasteiger partial charge < -0.3 is 5.32 Å². The number of nitrogens with one attached hydrogen (secondary N) is 1. The third-order valence-corrected chi connectivity index (χ3v) is 2.68. The van der Waals surface area contributed by atoms with E-state index in [2.05, 4.69) is 0 Å². The van der Waals surface area contributed by atoms with Crippen molar-refractivity contribution in [3.8, 4) is 12.1 Å². The van der Waals surface area contributed by atoms with Crippen LogP contribution in [0.15, 0.2) is 23.9 Å². The number of hydrogen-bond acceptors (Lipinski definition) is 3. The maximum Gasteiger partial charge on any atom is 0.418 e. The molecule has 0 aromatic heterocycles. The highest BCUT2D eigenvalue weighted by molar-refractivity contribution is 5.64. The zero-order valence-corrected chi connectivity index (χ0v) is 11.5. The van der Waals surface area contributed by atoms with Gasteiger partial charge in [-0.2, -0.15) is 50.0 Å². The van der Waals surface area contributed by atoms with Crippen molar-refractivity contribution in [2.75, 3.05) is 5.32 Å². The predicted octanol–water partition coefficient (Wildman–Crippen LogP) is 5.09. The fraction of sp³-hybridized carbons (Fsp3) is 0.231. The summed E-state index contributed by atoms with van der Waals surface area (Å²) in [4.78, 5) is 0. The van der Waals surface area contributed by atoms with Crippen molar-refractivity contribution in [3.05, 3.63) is 40.6 Å². The maximum atomic E-state index is 12.9. The molecule has 0 fully saturated rings. The summed E-state index contributed by atoms with van der Waals surface area (Å²) in [6, 6.07) is 1.35. The van der Waals surface area contributed by atoms with Gasteiger partial charge in [0, 0.05) is 6.20 Å². The van der Waals surface area contributed by atoms with Crippen LogP contribution in [-0.4, -0.2) is 0 Å². The summed E-state index contributed by atoms with van der Waals surface area (Å²) in [5.41, 5.74) is -9.29. The van der Waals surface area contributed by atoms with Gasteiger partial charge in [-0.1, -0.05) is 0 Å². The van der Waals surface area contributed by atoms with Crippen molar-refractivity contribution >= 4 is 5.69 Å². The van der Waals surface area contributed by atoms with Gasteiger partial charge in [-0.15, -0.1) is 0 Å². The Morgan fingerprint density at radius 1 is 0.800 bits per heavy atom. The van der Waals surface area contributed by atoms with Gasteiger partial charge >= 0.3 is 18.5 Å². The van der Waals surface area contributed by atoms with E-state index in [4.69, 9.17) is 10.5 Å². The molecule has 12 heteroatoms. The Kier molecular flexibility index (Phi) is 5.28. The van der Waals surface area contributed by atoms with E-state index in [0.717, 1.165) is 0 Å². The molecule has 1 aromatic rings. The number of anilines is 1. The summed E-state index contributed by atoms with van der Waals surface area (Å²) in [5.74, 6) is 0. The van der Waals surface area contributed by atoms with Crippen molar-refractivity contribution < 1.29 is 39.5 Å². The first-order valence-electron chi connectivity index (χ1n) is 5.88. The molecular weight excluding hydrogens is 369 g/mol. The Morgan fingerprint density at radius 2 is 1.20 bits per heavy atom. The van der Waals surface area contributed by atoms with Gasteiger partial charge in [0.1, 0.15) is 17.7 Å². The fourth-order valence-electron chi connectivity index (χ4n) is 1.64. The molecule has 1 rings (SSSR count). The first-order chi connectivity index (χ1) is 11.2. The second-order valence-electron chi connectivity index (χ2n) is 4.37. The number of halogens is 9. The number of nitrogens with zero attached hydrogens (tertiary/aromatic N) is 2. The first kappa shape index (κ1) is 20.2. The minimum absolute atomic E-state index is 0.229. The number of rotatable bonds is 2. The average molecular weight is 373 g/mol. The molecular formula is C13H4F9N3. The van der Waals surface area contributed by atoms with Crippen LogP contribution < -0.4 is 5.32 Å². The van der Waals surface area contributed by atoms with E-state index in [1.165, 1.54) is 17.5 Å². The SMILES string of the molecule is N#CC(C#N)=CNc1c(C(F)(F)F)cc(C(F)(F)F)cc1C(F)(F)F. The number of alkyl halides is 9. The predicted molar refractivity (Wildman–Crippen MR) is 64.4 cm³/mol. The molecule has 0 heterocycles. The van der Waals surface area contributed by atoms with Gasteiger partial charge in [0.25, 0.3) is 0 Å². The van der Waals surface area contributed by atoms with Crippen LogP contribution in [0.2, 0.25) is 0 Å². The van der Waals surface area contributed by atoms with E-state index in [9.17, 15) is 39.5 Å². The van der Waals surface area contributed by atoms with Gasteiger partial charge in [0.2, 0.25) is 0 Å². The zero-order valence-electron chi connectivity index (χ0n) is 11.5. The van der Waals surface area contributed by atoms with E-state index in [1.807, 2.05) is 0 Å². The Balaban J connectivity index is 3.81. The number of hydrogen-bond donors (Lipinski definition) is 1. The molecule has 0 saturated carbocycles. The van der Waals surface area contributed by atoms with Gasteiger partial charge in [-0.3, -0.25) is 0 Å². The second-order valence-corrected chi connectivity index (χ2v) is 4.37. The summed E-state index contributed by atoms with van der Waals surface area (Å²) in [6.45, 7) is 0. The summed E-state index contributed by atoms with van der Waals surface area (Å²) in [5, 5.41) is 18.3. The number of benzene rings is 1. The molecule has 0 saturated heterocycles. The van der Waals surface area contributed by atoms with Gasteiger partial charge in [0.05, 0.1) is 22.4 Å². The van der Waals surface area contributed by atoms with Gasteiger partial charge in [-0.25, -0.2) is 0 Å². The van der Waals surface area contributed by atoms with Crippen molar-refractivity contribution in [2.24, 2.45) is 0 Å². The molecule has 0 spiro atoms. The van der Waals surface area contributed by atoms with Crippen LogP contribution in [0.25, 0.3) is 0 Å². The molecule has 0 bridgehead atoms. The Morgan fingerprint density at radius 3 is 1.48 bits per heavy atom. The van der Waals surface area contributed by atoms with E-state index in [-0.39, 0.29) is 6.20 Å². The standard InChI is InChI=1S/C13H4F9N3/c14-11(15,16)7-1-8(12(17,18)19)10(9(2-7)13(20,21)22)25-5-6(3-23)4-24/h1-2,5,25H. The van der Waals surface area contributed by atoms with E-state index in [1.54, 1.807) is 0 Å². The average Bonchev–Trinajstić information content (AvgIpc) is 2.44. The van der Waals surface area contributed by atoms with Crippen LogP contribution in [0.4, 0.5) is 45.2 Å². The summed E-state index contributed by atoms with van der Waals surface area (Å²) < 4.78 is 116. The van der Waals surface area contributed by atoms with Crippen LogP contribution in [-0.2, 0) is 18.5 Å². The maximum absolute atomic E-state index is 12.9. The summed E-state index contributed by atoms with van der Waals surface area (Å²) in [7, 11) is 0. The second kappa shape index (κ2) is 6.55. The lowest BCUT2D eigenvalue weighted by molar-refractivity contribution is -0.147. The monoisotopic (exact) mass is 373 g/mol. The van der Waals surface area contributed by atoms with Gasteiger partial charge in [0.15, 0.2) is 0 Å². The lowest BCUT2D eigenvalue weighted by Gasteiger charge is -2.21. The van der Waals surface area contributed by atoms with Gasteiger partial charge in [-0.05, 0) is 12.1 Å². The van der Waals surface area contributed by atoms with Crippen LogP contribution in [0.3, 0.4) is 0 Å². The molecule has 0 aliphatic carbocycles. The van der Waals surface area contributed by atoms with Crippen LogP contribution in [0.5, 0.6) is 0 Å². The lowest BCUT2D eigenvalue weighted by Crippen LogP contribution is -2.19. The van der Waals surface area contributed by atoms with E-state index >= 15 is 0 Å². The third kappa shape index (κ3) is 4.79. The van der Waals surface area contributed by atoms with Crippen molar-refractivity contribution in [1.82, 2.24) is 0 Å². The van der Waals surface area contributed by atoms with Crippen LogP contribution in [0.1, 0.15) is 16.7 Å². The molecule has 0 amide bonds. The molecule has 0 unspecified atom stereocenters. The van der Waals surface area contributed by atoms with Crippen LogP contribution >= 0.6 is 0 Å². The van der Waals surface area contributed by atoms with Crippen molar-refractivity contribution in [3.63, 3.8) is 0 Å². The Hall–Kier alpha value is -2.89. The lowest BCUT2D eigenvalue weighted by atomic mass is 10.0. The van der Waals surface area contributed by atoms with Crippen molar-refractivity contribution in [1.29, 1.82) is 10.5 Å². The molecule has 1 aromatic carbocycles. The molecule has 1 N–H and O–H groups in total. The molecule has 0 radical (unpaired) electrons. The molecule has 0 aliphatic heterocycles. The topological polar surface area (TPSA) is 59.6 Å². The molecule has 25 heavy (non-hydrogen) atoms. The molecule has 0 aliphatic rings. The van der Waals surface area contributed by atoms with Crippen molar-refractivity contribution in [2.45, 2.75) is 18.5 Å². The molecule has 134 valence electrons. The fourth-order valence-corrected chi connectivity index (χ4v) is 1.64. The van der Waals surface area contributed by atoms with E-state index in [0.29, 0.717) is 0 Å². The Bertz CT molecular complexity index is 719. The smallest absolute Gasteiger partial charge is 0.359 e. The van der Waals surface area contributed by atoms with Crippen LogP contribution in [0, 0.1) is 22.7 Å². The first-order valence-corrected chi connectivity index (χ1v) is 5.88. The normalized spacial score (nSPS) is 12.1. The Labute approximate surface area is 133 Å². The molecule has 3 nitrogen and oxygen atoms in total. The molecule has 0 atom stereocenters. The quantitative estimate of drug-likeness (QED) is 0.581. The summed E-state index contributed by atoms with van der Waals surface area (Å²) in [6.07, 6.45) is -16.4. The minimum atomic E-state index is -5.57. The number of nitriles is 2. The van der Waals surface area contributed by atoms with E-state index < -0.39 is 58.6 Å². The number of allylic oxidation sites excluding steroid dienone is 1.